The van der Waals surface area contributed by atoms with Crippen LogP contribution in [0.25, 0.3) is 106 Å². The molecule has 0 amide bonds. The van der Waals surface area contributed by atoms with Gasteiger partial charge in [0.15, 0.2) is 11.4 Å². The third kappa shape index (κ3) is 5.24. The van der Waals surface area contributed by atoms with Gasteiger partial charge in [-0.15, -0.1) is 0 Å². The maximum atomic E-state index is 10.8. The van der Waals surface area contributed by atoms with Gasteiger partial charge < -0.3 is 8.98 Å². The van der Waals surface area contributed by atoms with E-state index in [9.17, 15) is 5.26 Å². The fraction of sp³-hybridized carbons (Fsp3) is 0. The SMILES string of the molecule is N#Cc1c(-c2ccccc2)nc(-c2ccc(-c3ccccc3)c(-c3ccccc3)c2-n2c3ccccc3c3ccc4c5ccccc5oc4c32)nc1-c1ccccc1. The van der Waals surface area contributed by atoms with E-state index in [0.29, 0.717) is 22.8 Å². The standard InChI is InChI=1S/C53H32N4O/c54-33-44-48(36-21-9-3-10-22-36)55-53(56-49(44)37-23-11-4-12-24-37)43-32-29-38(34-17-5-1-6-18-34)47(35-19-7-2-8-20-35)50(43)57-45-27-15-13-25-39(45)41-30-31-42-40-26-14-16-28-46(40)58-52(42)51(41)57/h1-32H. The Bertz CT molecular complexity index is 3320. The number of furan rings is 1. The third-order valence-electron chi connectivity index (χ3n) is 11.1. The molecule has 0 aliphatic heterocycles. The quantitative estimate of drug-likeness (QED) is 0.170. The smallest absolute Gasteiger partial charge is 0.162 e. The Morgan fingerprint density at radius 2 is 0.966 bits per heavy atom. The molecule has 0 saturated carbocycles. The molecule has 270 valence electrons. The minimum Gasteiger partial charge on any atom is -0.454 e. The van der Waals surface area contributed by atoms with Crippen LogP contribution in [0.1, 0.15) is 5.56 Å². The number of benzene rings is 8. The highest BCUT2D eigenvalue weighted by Gasteiger charge is 2.28. The van der Waals surface area contributed by atoms with Crippen molar-refractivity contribution in [2.45, 2.75) is 0 Å². The first-order valence-electron chi connectivity index (χ1n) is 19.3. The van der Waals surface area contributed by atoms with Gasteiger partial charge in [0.25, 0.3) is 0 Å². The van der Waals surface area contributed by atoms with Crippen molar-refractivity contribution >= 4 is 43.7 Å². The largest absolute Gasteiger partial charge is 0.454 e. The third-order valence-corrected chi connectivity index (χ3v) is 11.1. The van der Waals surface area contributed by atoms with Gasteiger partial charge in [-0.2, -0.15) is 5.26 Å². The van der Waals surface area contributed by atoms with Gasteiger partial charge in [-0.1, -0.05) is 170 Å². The Balaban J connectivity index is 1.36. The summed E-state index contributed by atoms with van der Waals surface area (Å²) in [6.45, 7) is 0. The lowest BCUT2D eigenvalue weighted by molar-refractivity contribution is 0.671. The van der Waals surface area contributed by atoms with E-state index in [1.165, 1.54) is 0 Å². The molecular formula is C53H32N4O. The average Bonchev–Trinajstić information content (AvgIpc) is 3.85. The highest BCUT2D eigenvalue weighted by molar-refractivity contribution is 6.22. The molecular weight excluding hydrogens is 709 g/mol. The molecule has 0 bridgehead atoms. The zero-order valence-corrected chi connectivity index (χ0v) is 31.2. The summed E-state index contributed by atoms with van der Waals surface area (Å²) in [6, 6.07) is 69.0. The summed E-state index contributed by atoms with van der Waals surface area (Å²) in [4.78, 5) is 10.7. The molecule has 0 saturated heterocycles. The van der Waals surface area contributed by atoms with Crippen molar-refractivity contribution in [1.82, 2.24) is 14.5 Å². The molecule has 0 N–H and O–H groups in total. The summed E-state index contributed by atoms with van der Waals surface area (Å²) >= 11 is 0. The molecule has 5 heteroatoms. The van der Waals surface area contributed by atoms with Crippen molar-refractivity contribution in [3.63, 3.8) is 0 Å². The lowest BCUT2D eigenvalue weighted by atomic mass is 9.89. The van der Waals surface area contributed by atoms with E-state index in [2.05, 4.69) is 126 Å². The first-order valence-corrected chi connectivity index (χ1v) is 19.3. The van der Waals surface area contributed by atoms with Crippen LogP contribution in [0.4, 0.5) is 0 Å². The Hall–Kier alpha value is -8.07. The summed E-state index contributed by atoms with van der Waals surface area (Å²) in [6.07, 6.45) is 0. The lowest BCUT2D eigenvalue weighted by Crippen LogP contribution is -2.06. The molecule has 11 aromatic rings. The number of para-hydroxylation sites is 2. The molecule has 5 nitrogen and oxygen atoms in total. The maximum absolute atomic E-state index is 10.8. The Morgan fingerprint density at radius 3 is 1.60 bits per heavy atom. The number of aromatic nitrogens is 3. The number of nitriles is 1. The van der Waals surface area contributed by atoms with Gasteiger partial charge in [0, 0.05) is 43.8 Å². The van der Waals surface area contributed by atoms with Gasteiger partial charge in [0.2, 0.25) is 0 Å². The average molecular weight is 741 g/mol. The highest BCUT2D eigenvalue weighted by atomic mass is 16.3. The zero-order chi connectivity index (χ0) is 38.6. The van der Waals surface area contributed by atoms with E-state index in [0.717, 1.165) is 88.4 Å². The summed E-state index contributed by atoms with van der Waals surface area (Å²) in [7, 11) is 0. The van der Waals surface area contributed by atoms with Crippen LogP contribution in [0.5, 0.6) is 0 Å². The normalized spacial score (nSPS) is 11.4. The molecule has 58 heavy (non-hydrogen) atoms. The number of fused-ring (bicyclic) bond motifs is 7. The second-order valence-corrected chi connectivity index (χ2v) is 14.4. The van der Waals surface area contributed by atoms with Crippen LogP contribution in [0.2, 0.25) is 0 Å². The van der Waals surface area contributed by atoms with Gasteiger partial charge in [-0.05, 0) is 41.0 Å². The van der Waals surface area contributed by atoms with Crippen LogP contribution in [0, 0.1) is 11.3 Å². The molecule has 3 aromatic heterocycles. The number of rotatable bonds is 6. The van der Waals surface area contributed by atoms with Gasteiger partial charge >= 0.3 is 0 Å². The minimum atomic E-state index is 0.424. The van der Waals surface area contributed by atoms with Gasteiger partial charge in [0.1, 0.15) is 17.2 Å². The van der Waals surface area contributed by atoms with E-state index in [1.807, 2.05) is 78.9 Å². The molecule has 8 aromatic carbocycles. The maximum Gasteiger partial charge on any atom is 0.162 e. The van der Waals surface area contributed by atoms with E-state index in [4.69, 9.17) is 14.4 Å². The van der Waals surface area contributed by atoms with Crippen LogP contribution in [0.15, 0.2) is 199 Å². The predicted molar refractivity (Wildman–Crippen MR) is 236 cm³/mol. The molecule has 0 radical (unpaired) electrons. The van der Waals surface area contributed by atoms with Crippen molar-refractivity contribution < 1.29 is 4.42 Å². The number of hydrogen-bond donors (Lipinski definition) is 0. The molecule has 0 spiro atoms. The predicted octanol–water partition coefficient (Wildman–Crippen LogP) is 13.7. The second-order valence-electron chi connectivity index (χ2n) is 14.4. The first kappa shape index (κ1) is 33.3. The topological polar surface area (TPSA) is 67.6 Å². The molecule has 0 atom stereocenters. The highest BCUT2D eigenvalue weighted by Crippen LogP contribution is 2.48. The van der Waals surface area contributed by atoms with Crippen molar-refractivity contribution in [2.75, 3.05) is 0 Å². The summed E-state index contributed by atoms with van der Waals surface area (Å²) in [5.74, 6) is 0.506. The summed E-state index contributed by atoms with van der Waals surface area (Å²) in [5, 5.41) is 15.1. The Morgan fingerprint density at radius 1 is 0.448 bits per heavy atom. The molecule has 0 fully saturated rings. The Kier molecular flexibility index (Phi) is 7.80. The van der Waals surface area contributed by atoms with Crippen LogP contribution >= 0.6 is 0 Å². The van der Waals surface area contributed by atoms with Gasteiger partial charge in [0.05, 0.1) is 28.1 Å². The Labute approximate surface area is 334 Å². The van der Waals surface area contributed by atoms with E-state index in [-0.39, 0.29) is 0 Å². The molecule has 0 aliphatic rings. The fourth-order valence-electron chi connectivity index (χ4n) is 8.52. The summed E-state index contributed by atoms with van der Waals surface area (Å²) in [5.41, 5.74) is 12.8. The van der Waals surface area contributed by atoms with E-state index in [1.54, 1.807) is 0 Å². The van der Waals surface area contributed by atoms with Crippen molar-refractivity contribution in [3.05, 3.63) is 200 Å². The van der Waals surface area contributed by atoms with Crippen molar-refractivity contribution in [1.29, 1.82) is 5.26 Å². The molecule has 11 rings (SSSR count). The summed E-state index contributed by atoms with van der Waals surface area (Å²) < 4.78 is 9.23. The second kappa shape index (κ2) is 13.6. The fourth-order valence-corrected chi connectivity index (χ4v) is 8.52. The molecule has 0 unspecified atom stereocenters. The first-order chi connectivity index (χ1) is 28.8. The van der Waals surface area contributed by atoms with E-state index < -0.39 is 0 Å². The van der Waals surface area contributed by atoms with Crippen LogP contribution in [-0.2, 0) is 0 Å². The minimum absolute atomic E-state index is 0.424. The monoisotopic (exact) mass is 740 g/mol. The lowest BCUT2D eigenvalue weighted by Gasteiger charge is -2.22. The van der Waals surface area contributed by atoms with Gasteiger partial charge in [-0.25, -0.2) is 9.97 Å². The number of nitrogens with zero attached hydrogens (tertiary/aromatic N) is 4. The van der Waals surface area contributed by atoms with E-state index >= 15 is 0 Å². The van der Waals surface area contributed by atoms with Crippen LogP contribution in [-0.4, -0.2) is 14.5 Å². The number of hydrogen-bond acceptors (Lipinski definition) is 4. The molecule has 0 aliphatic carbocycles. The zero-order valence-electron chi connectivity index (χ0n) is 31.2. The van der Waals surface area contributed by atoms with Crippen LogP contribution in [0.3, 0.4) is 0 Å². The van der Waals surface area contributed by atoms with Crippen molar-refractivity contribution in [2.24, 2.45) is 0 Å². The van der Waals surface area contributed by atoms with Crippen molar-refractivity contribution in [3.8, 4) is 67.9 Å². The molecule has 3 heterocycles. The van der Waals surface area contributed by atoms with Gasteiger partial charge in [-0.3, -0.25) is 0 Å². The van der Waals surface area contributed by atoms with Crippen LogP contribution < -0.4 is 0 Å².